The van der Waals surface area contributed by atoms with Crippen LogP contribution in [0.25, 0.3) is 0 Å². The van der Waals surface area contributed by atoms with Crippen LogP contribution in [0.3, 0.4) is 0 Å². The zero-order valence-electron chi connectivity index (χ0n) is 11.5. The lowest BCUT2D eigenvalue weighted by Crippen LogP contribution is -2.44. The van der Waals surface area contributed by atoms with E-state index in [0.717, 1.165) is 14.0 Å². The van der Waals surface area contributed by atoms with Crippen molar-refractivity contribution < 1.29 is 46.1 Å². The lowest BCUT2D eigenvalue weighted by atomic mass is 10.1. The molecule has 0 aliphatic heterocycles. The van der Waals surface area contributed by atoms with E-state index in [1.165, 1.54) is 0 Å². The molecule has 0 rings (SSSR count). The monoisotopic (exact) mass is 320 g/mol. The summed E-state index contributed by atoms with van der Waals surface area (Å²) in [5.74, 6) is -8.75. The molecule has 0 N–H and O–H groups in total. The molecule has 124 valence electrons. The van der Waals surface area contributed by atoms with Gasteiger partial charge in [-0.05, 0) is 0 Å². The molecule has 0 aliphatic carbocycles. The Kier molecular flexibility index (Phi) is 7.82. The van der Waals surface area contributed by atoms with Gasteiger partial charge < -0.3 is 18.9 Å². The van der Waals surface area contributed by atoms with Gasteiger partial charge in [0.05, 0.1) is 20.3 Å². The summed E-state index contributed by atoms with van der Waals surface area (Å²) in [7, 11) is 1.10. The number of carbonyl (C=O) groups is 2. The molecule has 0 saturated carbocycles. The van der Waals surface area contributed by atoms with Crippen LogP contribution in [0.5, 0.6) is 0 Å². The summed E-state index contributed by atoms with van der Waals surface area (Å²) >= 11 is 0. The summed E-state index contributed by atoms with van der Waals surface area (Å²) in [6.45, 7) is -1.34. The van der Waals surface area contributed by atoms with Crippen molar-refractivity contribution in [3.05, 3.63) is 0 Å². The zero-order valence-corrected chi connectivity index (χ0v) is 11.5. The number of hydrogen-bond donors (Lipinski definition) is 0. The average Bonchev–Trinajstić information content (AvgIpc) is 2.44. The molecule has 0 aliphatic rings. The molecule has 0 amide bonds. The summed E-state index contributed by atoms with van der Waals surface area (Å²) in [5, 5.41) is 0. The smallest absolute Gasteiger partial charge is 0.438 e. The largest absolute Gasteiger partial charge is 0.508 e. The van der Waals surface area contributed by atoms with Gasteiger partial charge in [0.25, 0.3) is 0 Å². The zero-order chi connectivity index (χ0) is 16.5. The Bertz CT molecular complexity index is 348. The summed E-state index contributed by atoms with van der Waals surface area (Å²) in [6.07, 6.45) is -3.48. The number of rotatable bonds is 8. The highest BCUT2D eigenvalue weighted by Gasteiger charge is 2.55. The number of halogens is 4. The molecular formula is C11H16F4O6. The van der Waals surface area contributed by atoms with Gasteiger partial charge in [0.1, 0.15) is 0 Å². The fourth-order valence-electron chi connectivity index (χ4n) is 0.984. The third-order valence-corrected chi connectivity index (χ3v) is 2.25. The highest BCUT2D eigenvalue weighted by Crippen LogP contribution is 2.36. The van der Waals surface area contributed by atoms with Gasteiger partial charge in [-0.15, -0.1) is 0 Å². The number of ether oxygens (including phenoxy) is 4. The predicted octanol–water partition coefficient (Wildman–Crippen LogP) is 2.99. The molecular weight excluding hydrogens is 304 g/mol. The van der Waals surface area contributed by atoms with Crippen molar-refractivity contribution in [2.24, 2.45) is 0 Å². The molecule has 21 heavy (non-hydrogen) atoms. The fourth-order valence-corrected chi connectivity index (χ4v) is 0.984. The summed E-state index contributed by atoms with van der Waals surface area (Å²) in [6, 6.07) is 0. The minimum atomic E-state index is -4.48. The lowest BCUT2D eigenvalue weighted by molar-refractivity contribution is -0.227. The van der Waals surface area contributed by atoms with Crippen LogP contribution < -0.4 is 0 Å². The van der Waals surface area contributed by atoms with Crippen LogP contribution in [0.1, 0.15) is 19.8 Å². The maximum Gasteiger partial charge on any atom is 0.508 e. The van der Waals surface area contributed by atoms with Gasteiger partial charge in [-0.1, -0.05) is 6.92 Å². The van der Waals surface area contributed by atoms with E-state index in [4.69, 9.17) is 0 Å². The second kappa shape index (κ2) is 8.53. The average molecular weight is 320 g/mol. The van der Waals surface area contributed by atoms with Crippen LogP contribution in [0.4, 0.5) is 27.2 Å². The van der Waals surface area contributed by atoms with Gasteiger partial charge in [-0.3, -0.25) is 0 Å². The molecule has 0 fully saturated rings. The van der Waals surface area contributed by atoms with Gasteiger partial charge in [0.15, 0.2) is 6.61 Å². The molecule has 0 aromatic rings. The summed E-state index contributed by atoms with van der Waals surface area (Å²) in [5.41, 5.74) is 0. The van der Waals surface area contributed by atoms with Gasteiger partial charge in [0, 0.05) is 12.8 Å². The van der Waals surface area contributed by atoms with E-state index in [-0.39, 0.29) is 19.6 Å². The Hall–Kier alpha value is -1.74. The van der Waals surface area contributed by atoms with Crippen LogP contribution >= 0.6 is 0 Å². The van der Waals surface area contributed by atoms with Gasteiger partial charge in [-0.25, -0.2) is 9.59 Å². The minimum Gasteiger partial charge on any atom is -0.438 e. The standard InChI is InChI=1S/C11H16F4O6/c1-3-10(12,13)11(14,15)7-21-9(17)20-6-4-5-19-8(16)18-2/h3-7H2,1-2H3. The highest BCUT2D eigenvalue weighted by molar-refractivity contribution is 5.60. The van der Waals surface area contributed by atoms with E-state index in [2.05, 4.69) is 18.9 Å². The van der Waals surface area contributed by atoms with Crippen molar-refractivity contribution in [3.63, 3.8) is 0 Å². The van der Waals surface area contributed by atoms with E-state index in [9.17, 15) is 27.2 Å². The molecule has 10 heteroatoms. The van der Waals surface area contributed by atoms with Crippen molar-refractivity contribution in [1.29, 1.82) is 0 Å². The van der Waals surface area contributed by atoms with Crippen molar-refractivity contribution in [2.45, 2.75) is 31.6 Å². The SMILES string of the molecule is CCC(F)(F)C(F)(F)COC(=O)OCCCOC(=O)OC. The number of methoxy groups -OCH3 is 1. The highest BCUT2D eigenvalue weighted by atomic mass is 19.3. The topological polar surface area (TPSA) is 71.1 Å². The first-order valence-corrected chi connectivity index (χ1v) is 5.92. The van der Waals surface area contributed by atoms with Crippen molar-refractivity contribution in [1.82, 2.24) is 0 Å². The van der Waals surface area contributed by atoms with E-state index in [1.54, 1.807) is 0 Å². The molecule has 6 nitrogen and oxygen atoms in total. The summed E-state index contributed by atoms with van der Waals surface area (Å²) in [4.78, 5) is 21.4. The normalized spacial score (nSPS) is 11.7. The Morgan fingerprint density at radius 1 is 0.905 bits per heavy atom. The second-order valence-electron chi connectivity index (χ2n) is 3.81. The summed E-state index contributed by atoms with van der Waals surface area (Å²) < 4.78 is 68.4. The van der Waals surface area contributed by atoms with E-state index >= 15 is 0 Å². The molecule has 0 unspecified atom stereocenters. The van der Waals surface area contributed by atoms with E-state index < -0.39 is 37.2 Å². The third-order valence-electron chi connectivity index (χ3n) is 2.25. The predicted molar refractivity (Wildman–Crippen MR) is 60.5 cm³/mol. The van der Waals surface area contributed by atoms with Gasteiger partial charge in [-0.2, -0.15) is 17.6 Å². The van der Waals surface area contributed by atoms with Crippen molar-refractivity contribution in [3.8, 4) is 0 Å². The third kappa shape index (κ3) is 7.00. The number of alkyl halides is 4. The maximum absolute atomic E-state index is 13.0. The second-order valence-corrected chi connectivity index (χ2v) is 3.81. The molecule has 0 bridgehead atoms. The van der Waals surface area contributed by atoms with Crippen molar-refractivity contribution >= 4 is 12.3 Å². The molecule has 0 atom stereocenters. The first-order chi connectivity index (χ1) is 9.66. The molecule has 0 saturated heterocycles. The molecule has 0 heterocycles. The Balaban J connectivity index is 3.88. The molecule has 0 spiro atoms. The first kappa shape index (κ1) is 19.3. The molecule has 0 radical (unpaired) electrons. The van der Waals surface area contributed by atoms with Gasteiger partial charge in [0.2, 0.25) is 0 Å². The number of hydrogen-bond acceptors (Lipinski definition) is 6. The minimum absolute atomic E-state index is 0.0612. The van der Waals surface area contributed by atoms with Crippen LogP contribution in [0, 0.1) is 0 Å². The van der Waals surface area contributed by atoms with E-state index in [1.807, 2.05) is 0 Å². The van der Waals surface area contributed by atoms with Crippen LogP contribution in [0.2, 0.25) is 0 Å². The van der Waals surface area contributed by atoms with E-state index in [0.29, 0.717) is 0 Å². The maximum atomic E-state index is 13.0. The number of carbonyl (C=O) groups excluding carboxylic acids is 2. The van der Waals surface area contributed by atoms with Crippen LogP contribution in [-0.4, -0.2) is 51.1 Å². The fraction of sp³-hybridized carbons (Fsp3) is 0.818. The van der Waals surface area contributed by atoms with Gasteiger partial charge >= 0.3 is 24.2 Å². The first-order valence-electron chi connectivity index (χ1n) is 5.92. The van der Waals surface area contributed by atoms with Crippen LogP contribution in [0.15, 0.2) is 0 Å². The Labute approximate surface area is 118 Å². The molecule has 0 aromatic carbocycles. The lowest BCUT2D eigenvalue weighted by Gasteiger charge is -2.24. The Morgan fingerprint density at radius 2 is 1.43 bits per heavy atom. The Morgan fingerprint density at radius 3 is 1.90 bits per heavy atom. The quantitative estimate of drug-likeness (QED) is 0.389. The van der Waals surface area contributed by atoms with Crippen molar-refractivity contribution in [2.75, 3.05) is 26.9 Å². The molecule has 0 aromatic heterocycles. The van der Waals surface area contributed by atoms with Crippen LogP contribution in [-0.2, 0) is 18.9 Å².